The molecule has 0 aromatic heterocycles. The maximum Gasteiger partial charge on any atom is 0.180 e. The molecule has 1 aromatic rings. The van der Waals surface area contributed by atoms with Gasteiger partial charge < -0.3 is 9.84 Å². The summed E-state index contributed by atoms with van der Waals surface area (Å²) in [7, 11) is 7.09. The van der Waals surface area contributed by atoms with Crippen LogP contribution in [0.15, 0.2) is 18.2 Å². The van der Waals surface area contributed by atoms with Gasteiger partial charge in [-0.2, -0.15) is 0 Å². The molecule has 1 atom stereocenters. The lowest BCUT2D eigenvalue weighted by atomic mass is 9.89. The minimum absolute atomic E-state index is 0.670. The summed E-state index contributed by atoms with van der Waals surface area (Å²) in [6.07, 6.45) is -0.882. The van der Waals surface area contributed by atoms with Gasteiger partial charge in [-0.3, -0.25) is 0 Å². The third-order valence-electron chi connectivity index (χ3n) is 1.81. The topological polar surface area (TPSA) is 29.5 Å². The molecule has 62 valence electrons. The number of hydrogen-bond acceptors (Lipinski definition) is 2. The molecule has 1 aromatic carbocycles. The van der Waals surface area contributed by atoms with Crippen molar-refractivity contribution in [2.75, 3.05) is 7.11 Å². The molecule has 12 heavy (non-hydrogen) atoms. The SMILES string of the molecule is [B]c1cc(C(O)OC)ccc1C. The minimum atomic E-state index is -0.882. The Morgan fingerprint density at radius 1 is 1.50 bits per heavy atom. The first-order valence-corrected chi connectivity index (χ1v) is 3.72. The van der Waals surface area contributed by atoms with E-state index in [0.717, 1.165) is 5.56 Å². The lowest BCUT2D eigenvalue weighted by Gasteiger charge is -2.10. The first-order valence-electron chi connectivity index (χ1n) is 3.72. The zero-order chi connectivity index (χ0) is 9.14. The highest BCUT2D eigenvalue weighted by Gasteiger charge is 2.05. The molecule has 0 saturated carbocycles. The van der Waals surface area contributed by atoms with Gasteiger partial charge in [-0.1, -0.05) is 29.2 Å². The Bertz CT molecular complexity index is 273. The maximum absolute atomic E-state index is 9.27. The maximum atomic E-state index is 9.27. The van der Waals surface area contributed by atoms with Crippen LogP contribution in [0.25, 0.3) is 0 Å². The molecule has 1 N–H and O–H groups in total. The first kappa shape index (κ1) is 9.29. The highest BCUT2D eigenvalue weighted by atomic mass is 16.6. The third kappa shape index (κ3) is 1.87. The van der Waals surface area contributed by atoms with Gasteiger partial charge in [-0.25, -0.2) is 0 Å². The molecule has 0 aliphatic rings. The molecule has 2 radical (unpaired) electrons. The van der Waals surface area contributed by atoms with E-state index in [2.05, 4.69) is 0 Å². The van der Waals surface area contributed by atoms with E-state index in [9.17, 15) is 5.11 Å². The summed E-state index contributed by atoms with van der Waals surface area (Å²) in [6, 6.07) is 5.36. The molecule has 0 aliphatic heterocycles. The van der Waals surface area contributed by atoms with E-state index in [1.54, 1.807) is 12.1 Å². The van der Waals surface area contributed by atoms with Crippen molar-refractivity contribution in [1.82, 2.24) is 0 Å². The quantitative estimate of drug-likeness (QED) is 0.504. The number of aliphatic hydroxyl groups is 1. The van der Waals surface area contributed by atoms with Crippen LogP contribution in [-0.4, -0.2) is 20.1 Å². The summed E-state index contributed by atoms with van der Waals surface area (Å²) in [5.41, 5.74) is 2.35. The van der Waals surface area contributed by atoms with Gasteiger partial charge in [-0.15, -0.1) is 0 Å². The average Bonchev–Trinajstić information content (AvgIpc) is 2.08. The van der Waals surface area contributed by atoms with Crippen molar-refractivity contribution in [3.63, 3.8) is 0 Å². The molecule has 0 bridgehead atoms. The molecule has 0 heterocycles. The Labute approximate surface area is 73.6 Å². The lowest BCUT2D eigenvalue weighted by molar-refractivity contribution is -0.0768. The number of benzene rings is 1. The number of methoxy groups -OCH3 is 1. The van der Waals surface area contributed by atoms with Crippen molar-refractivity contribution in [3.05, 3.63) is 29.3 Å². The Morgan fingerprint density at radius 3 is 2.67 bits per heavy atom. The molecule has 0 aliphatic carbocycles. The monoisotopic (exact) mass is 162 g/mol. The van der Waals surface area contributed by atoms with Crippen LogP contribution in [0, 0.1) is 6.92 Å². The van der Waals surface area contributed by atoms with Gasteiger partial charge in [0.05, 0.1) is 0 Å². The molecular weight excluding hydrogens is 151 g/mol. The van der Waals surface area contributed by atoms with Crippen molar-refractivity contribution in [3.8, 4) is 0 Å². The van der Waals surface area contributed by atoms with Crippen LogP contribution < -0.4 is 5.46 Å². The largest absolute Gasteiger partial charge is 0.364 e. The first-order chi connectivity index (χ1) is 5.65. The zero-order valence-corrected chi connectivity index (χ0v) is 7.24. The molecule has 0 amide bonds. The van der Waals surface area contributed by atoms with E-state index in [4.69, 9.17) is 12.6 Å². The van der Waals surface area contributed by atoms with Crippen molar-refractivity contribution >= 4 is 13.3 Å². The Balaban J connectivity index is 2.96. The molecule has 0 spiro atoms. The molecule has 3 heteroatoms. The van der Waals surface area contributed by atoms with Gasteiger partial charge in [0.1, 0.15) is 7.85 Å². The van der Waals surface area contributed by atoms with Crippen molar-refractivity contribution in [2.45, 2.75) is 13.2 Å². The molecule has 1 rings (SSSR count). The number of aryl methyl sites for hydroxylation is 1. The van der Waals surface area contributed by atoms with Crippen LogP contribution in [0.1, 0.15) is 17.4 Å². The molecule has 1 unspecified atom stereocenters. The second kappa shape index (κ2) is 3.74. The van der Waals surface area contributed by atoms with Gasteiger partial charge in [-0.05, 0) is 6.92 Å². The Hall–Kier alpha value is -0.795. The van der Waals surface area contributed by atoms with Gasteiger partial charge in [0, 0.05) is 12.7 Å². The summed E-state index contributed by atoms with van der Waals surface area (Å²) in [5.74, 6) is 0. The Kier molecular flexibility index (Phi) is 2.90. The summed E-state index contributed by atoms with van der Waals surface area (Å²) in [5, 5.41) is 9.27. The highest BCUT2D eigenvalue weighted by Crippen LogP contribution is 2.11. The normalized spacial score (nSPS) is 12.9. The van der Waals surface area contributed by atoms with E-state index >= 15 is 0 Å². The number of ether oxygens (including phenoxy) is 1. The van der Waals surface area contributed by atoms with Crippen LogP contribution in [0.5, 0.6) is 0 Å². The van der Waals surface area contributed by atoms with Crippen molar-refractivity contribution in [1.29, 1.82) is 0 Å². The fourth-order valence-electron chi connectivity index (χ4n) is 0.949. The van der Waals surface area contributed by atoms with E-state index in [0.29, 0.717) is 11.0 Å². The van der Waals surface area contributed by atoms with Gasteiger partial charge in [0.2, 0.25) is 0 Å². The van der Waals surface area contributed by atoms with Crippen LogP contribution >= 0.6 is 0 Å². The molecule has 0 saturated heterocycles. The minimum Gasteiger partial charge on any atom is -0.364 e. The highest BCUT2D eigenvalue weighted by molar-refractivity contribution is 6.33. The van der Waals surface area contributed by atoms with Gasteiger partial charge in [0.15, 0.2) is 6.29 Å². The summed E-state index contributed by atoms with van der Waals surface area (Å²) < 4.78 is 4.73. The van der Waals surface area contributed by atoms with E-state index < -0.39 is 6.29 Å². The fourth-order valence-corrected chi connectivity index (χ4v) is 0.949. The standard InChI is InChI=1S/C9H11BO2/c1-6-3-4-7(5-8(6)10)9(11)12-2/h3-5,9,11H,1-2H3. The predicted molar refractivity (Wildman–Crippen MR) is 48.5 cm³/mol. The van der Waals surface area contributed by atoms with Crippen LogP contribution in [-0.2, 0) is 4.74 Å². The summed E-state index contributed by atoms with van der Waals surface area (Å²) in [4.78, 5) is 0. The fraction of sp³-hybridized carbons (Fsp3) is 0.333. The number of hydrogen-bond donors (Lipinski definition) is 1. The molecular formula is C9H11BO2. The third-order valence-corrected chi connectivity index (χ3v) is 1.81. The predicted octanol–water partition coefficient (Wildman–Crippen LogP) is 0.426. The van der Waals surface area contributed by atoms with Gasteiger partial charge in [0.25, 0.3) is 0 Å². The summed E-state index contributed by atoms with van der Waals surface area (Å²) >= 11 is 0. The lowest BCUT2D eigenvalue weighted by Crippen LogP contribution is -2.10. The molecule has 2 nitrogen and oxygen atoms in total. The van der Waals surface area contributed by atoms with E-state index in [-0.39, 0.29) is 0 Å². The summed E-state index contributed by atoms with van der Waals surface area (Å²) in [6.45, 7) is 1.91. The van der Waals surface area contributed by atoms with Crippen molar-refractivity contribution in [2.24, 2.45) is 0 Å². The number of aliphatic hydroxyl groups excluding tert-OH is 1. The van der Waals surface area contributed by atoms with Gasteiger partial charge >= 0.3 is 0 Å². The van der Waals surface area contributed by atoms with Crippen LogP contribution in [0.4, 0.5) is 0 Å². The van der Waals surface area contributed by atoms with E-state index in [1.807, 2.05) is 13.0 Å². The second-order valence-corrected chi connectivity index (χ2v) is 2.70. The smallest absolute Gasteiger partial charge is 0.180 e. The second-order valence-electron chi connectivity index (χ2n) is 2.70. The Morgan fingerprint density at radius 2 is 2.17 bits per heavy atom. The zero-order valence-electron chi connectivity index (χ0n) is 7.24. The average molecular weight is 162 g/mol. The van der Waals surface area contributed by atoms with E-state index in [1.165, 1.54) is 7.11 Å². The van der Waals surface area contributed by atoms with Crippen LogP contribution in [0.2, 0.25) is 0 Å². The van der Waals surface area contributed by atoms with Crippen molar-refractivity contribution < 1.29 is 9.84 Å². The number of rotatable bonds is 2. The molecule has 0 fully saturated rings. The van der Waals surface area contributed by atoms with Crippen LogP contribution in [0.3, 0.4) is 0 Å².